The van der Waals surface area contributed by atoms with E-state index < -0.39 is 0 Å². The van der Waals surface area contributed by atoms with Gasteiger partial charge in [0.25, 0.3) is 5.91 Å². The van der Waals surface area contributed by atoms with Gasteiger partial charge in [-0.05, 0) is 29.8 Å². The molecule has 1 aliphatic heterocycles. The third kappa shape index (κ3) is 3.92. The van der Waals surface area contributed by atoms with Gasteiger partial charge in [-0.2, -0.15) is 5.10 Å². The molecule has 4 rings (SSSR count). The summed E-state index contributed by atoms with van der Waals surface area (Å²) in [5, 5.41) is 4.08. The average Bonchev–Trinajstić information content (AvgIpc) is 3.21. The molecule has 1 amide bonds. The summed E-state index contributed by atoms with van der Waals surface area (Å²) in [5.74, 6) is 1.41. The van der Waals surface area contributed by atoms with Crippen molar-refractivity contribution in [3.05, 3.63) is 72.3 Å². The topological polar surface area (TPSA) is 69.5 Å². The minimum absolute atomic E-state index is 0.0511. The van der Waals surface area contributed by atoms with Crippen LogP contribution in [0.4, 0.5) is 0 Å². The molecule has 7 nitrogen and oxygen atoms in total. The fourth-order valence-electron chi connectivity index (χ4n) is 3.02. The Balaban J connectivity index is 1.36. The molecule has 3 aromatic rings. The molecule has 2 aromatic carbocycles. The van der Waals surface area contributed by atoms with E-state index in [-0.39, 0.29) is 12.0 Å². The normalized spacial score (nSPS) is 15.4. The van der Waals surface area contributed by atoms with Gasteiger partial charge in [0.2, 0.25) is 0 Å². The second kappa shape index (κ2) is 7.49. The highest BCUT2D eigenvalue weighted by molar-refractivity contribution is 5.94. The number of nitrogens with zero attached hydrogens (tertiary/aromatic N) is 4. The van der Waals surface area contributed by atoms with E-state index in [1.165, 1.54) is 6.33 Å². The monoisotopic (exact) mass is 364 g/mol. The number of hydrogen-bond donors (Lipinski definition) is 0. The first-order valence-corrected chi connectivity index (χ1v) is 8.74. The van der Waals surface area contributed by atoms with E-state index in [0.717, 1.165) is 11.3 Å². The van der Waals surface area contributed by atoms with Crippen molar-refractivity contribution < 1.29 is 14.3 Å². The fraction of sp³-hybridized carbons (Fsp3) is 0.250. The SMILES string of the molecule is CN(CC1COc2ccccc2O1)C(=O)c1ccc(Cn2cncn2)cc1. The first-order chi connectivity index (χ1) is 13.2. The smallest absolute Gasteiger partial charge is 0.253 e. The summed E-state index contributed by atoms with van der Waals surface area (Å²) in [6.45, 7) is 1.50. The minimum Gasteiger partial charge on any atom is -0.486 e. The second-order valence-corrected chi connectivity index (χ2v) is 6.47. The van der Waals surface area contributed by atoms with Crippen LogP contribution in [0.1, 0.15) is 15.9 Å². The number of carbonyl (C=O) groups excluding carboxylic acids is 1. The van der Waals surface area contributed by atoms with Crippen molar-refractivity contribution in [2.75, 3.05) is 20.2 Å². The summed E-state index contributed by atoms with van der Waals surface area (Å²) in [6, 6.07) is 15.1. The van der Waals surface area contributed by atoms with Gasteiger partial charge < -0.3 is 14.4 Å². The van der Waals surface area contributed by atoms with Crippen molar-refractivity contribution in [1.29, 1.82) is 0 Å². The number of aromatic nitrogens is 3. The summed E-state index contributed by atoms with van der Waals surface area (Å²) in [7, 11) is 1.77. The van der Waals surface area contributed by atoms with Gasteiger partial charge in [0, 0.05) is 12.6 Å². The lowest BCUT2D eigenvalue weighted by Crippen LogP contribution is -2.41. The predicted molar refractivity (Wildman–Crippen MR) is 98.9 cm³/mol. The lowest BCUT2D eigenvalue weighted by molar-refractivity contribution is 0.0521. The van der Waals surface area contributed by atoms with Gasteiger partial charge in [-0.1, -0.05) is 24.3 Å². The van der Waals surface area contributed by atoms with Gasteiger partial charge in [0.05, 0.1) is 13.1 Å². The van der Waals surface area contributed by atoms with Crippen molar-refractivity contribution >= 4 is 5.91 Å². The summed E-state index contributed by atoms with van der Waals surface area (Å²) < 4.78 is 13.4. The van der Waals surface area contributed by atoms with Crippen LogP contribution in [0.5, 0.6) is 11.5 Å². The first kappa shape index (κ1) is 17.1. The van der Waals surface area contributed by atoms with Gasteiger partial charge in [-0.15, -0.1) is 0 Å². The molecular formula is C20H20N4O3. The molecule has 0 saturated carbocycles. The van der Waals surface area contributed by atoms with Crippen molar-refractivity contribution in [2.24, 2.45) is 0 Å². The maximum absolute atomic E-state index is 12.7. The molecule has 2 heterocycles. The van der Waals surface area contributed by atoms with Crippen molar-refractivity contribution in [3.63, 3.8) is 0 Å². The number of likely N-dealkylation sites (N-methyl/N-ethyl adjacent to an activating group) is 1. The third-order valence-corrected chi connectivity index (χ3v) is 4.40. The average molecular weight is 364 g/mol. The molecule has 0 fully saturated rings. The van der Waals surface area contributed by atoms with Gasteiger partial charge in [-0.25, -0.2) is 9.67 Å². The van der Waals surface area contributed by atoms with Crippen LogP contribution in [0.25, 0.3) is 0 Å². The highest BCUT2D eigenvalue weighted by Crippen LogP contribution is 2.31. The summed E-state index contributed by atoms with van der Waals surface area (Å²) in [5.41, 5.74) is 1.69. The van der Waals surface area contributed by atoms with Crippen LogP contribution in [0, 0.1) is 0 Å². The summed E-state index contributed by atoms with van der Waals surface area (Å²) in [6.07, 6.45) is 2.97. The van der Waals surface area contributed by atoms with Crippen LogP contribution in [0.15, 0.2) is 61.2 Å². The Kier molecular flexibility index (Phi) is 4.74. The van der Waals surface area contributed by atoms with Crippen molar-refractivity contribution in [3.8, 4) is 11.5 Å². The van der Waals surface area contributed by atoms with Crippen LogP contribution >= 0.6 is 0 Å². The van der Waals surface area contributed by atoms with Gasteiger partial charge in [0.15, 0.2) is 17.6 Å². The number of benzene rings is 2. The Labute approximate surface area is 157 Å². The maximum Gasteiger partial charge on any atom is 0.253 e. The van der Waals surface area contributed by atoms with Crippen molar-refractivity contribution in [1.82, 2.24) is 19.7 Å². The van der Waals surface area contributed by atoms with Gasteiger partial charge in [0.1, 0.15) is 19.3 Å². The van der Waals surface area contributed by atoms with Crippen LogP contribution in [-0.2, 0) is 6.54 Å². The standard InChI is InChI=1S/C20H20N4O3/c1-23(11-17-12-26-18-4-2-3-5-19(18)27-17)20(25)16-8-6-15(7-9-16)10-24-14-21-13-22-24/h2-9,13-14,17H,10-12H2,1H3. The molecule has 0 bridgehead atoms. The molecule has 1 unspecified atom stereocenters. The number of fused-ring (bicyclic) bond motifs is 1. The number of ether oxygens (including phenoxy) is 2. The number of rotatable bonds is 5. The van der Waals surface area contributed by atoms with E-state index in [0.29, 0.717) is 31.0 Å². The van der Waals surface area contributed by atoms with Crippen LogP contribution in [0.3, 0.4) is 0 Å². The zero-order chi connectivity index (χ0) is 18.6. The molecule has 1 atom stereocenters. The summed E-state index contributed by atoms with van der Waals surface area (Å²) in [4.78, 5) is 18.3. The predicted octanol–water partition coefficient (Wildman–Crippen LogP) is 2.24. The van der Waals surface area contributed by atoms with Gasteiger partial charge >= 0.3 is 0 Å². The van der Waals surface area contributed by atoms with Crippen molar-refractivity contribution in [2.45, 2.75) is 12.6 Å². The van der Waals surface area contributed by atoms with E-state index in [2.05, 4.69) is 10.1 Å². The zero-order valence-electron chi connectivity index (χ0n) is 15.0. The molecule has 1 aromatic heterocycles. The highest BCUT2D eigenvalue weighted by Gasteiger charge is 2.24. The fourth-order valence-corrected chi connectivity index (χ4v) is 3.02. The Morgan fingerprint density at radius 1 is 1.19 bits per heavy atom. The van der Waals surface area contributed by atoms with E-state index in [1.807, 2.05) is 48.5 Å². The van der Waals surface area contributed by atoms with Crippen LogP contribution in [-0.4, -0.2) is 51.9 Å². The minimum atomic E-state index is -0.194. The van der Waals surface area contributed by atoms with E-state index in [4.69, 9.17) is 9.47 Å². The molecule has 1 aliphatic rings. The Bertz CT molecular complexity index is 909. The van der Waals surface area contributed by atoms with E-state index in [1.54, 1.807) is 23.0 Å². The van der Waals surface area contributed by atoms with E-state index in [9.17, 15) is 4.79 Å². The molecule has 0 radical (unpaired) electrons. The summed E-state index contributed by atoms with van der Waals surface area (Å²) >= 11 is 0. The first-order valence-electron chi connectivity index (χ1n) is 8.74. The Morgan fingerprint density at radius 2 is 1.96 bits per heavy atom. The molecule has 138 valence electrons. The lowest BCUT2D eigenvalue weighted by atomic mass is 10.1. The Morgan fingerprint density at radius 3 is 2.70 bits per heavy atom. The molecule has 0 aliphatic carbocycles. The third-order valence-electron chi connectivity index (χ3n) is 4.40. The molecular weight excluding hydrogens is 344 g/mol. The Hall–Kier alpha value is -3.35. The van der Waals surface area contributed by atoms with Crippen LogP contribution < -0.4 is 9.47 Å². The molecule has 27 heavy (non-hydrogen) atoms. The molecule has 7 heteroatoms. The second-order valence-electron chi connectivity index (χ2n) is 6.47. The molecule has 0 N–H and O–H groups in total. The number of amides is 1. The maximum atomic E-state index is 12.7. The number of para-hydroxylation sites is 2. The quantitative estimate of drug-likeness (QED) is 0.694. The van der Waals surface area contributed by atoms with E-state index >= 15 is 0 Å². The lowest BCUT2D eigenvalue weighted by Gasteiger charge is -2.29. The molecule has 0 spiro atoms. The zero-order valence-corrected chi connectivity index (χ0v) is 15.0. The number of carbonyl (C=O) groups is 1. The largest absolute Gasteiger partial charge is 0.486 e. The van der Waals surface area contributed by atoms with Crippen LogP contribution in [0.2, 0.25) is 0 Å². The molecule has 0 saturated heterocycles. The van der Waals surface area contributed by atoms with Gasteiger partial charge in [-0.3, -0.25) is 4.79 Å². The number of hydrogen-bond acceptors (Lipinski definition) is 5. The highest BCUT2D eigenvalue weighted by atomic mass is 16.6.